The molecule has 5 heteroatoms. The van der Waals surface area contributed by atoms with Crippen molar-refractivity contribution in [3.8, 4) is 5.75 Å². The zero-order chi connectivity index (χ0) is 15.5. The van der Waals surface area contributed by atoms with Gasteiger partial charge in [0.05, 0.1) is 13.7 Å². The lowest BCUT2D eigenvalue weighted by Crippen LogP contribution is -2.52. The molecule has 1 fully saturated rings. The first kappa shape index (κ1) is 15.8. The van der Waals surface area contributed by atoms with E-state index in [1.807, 2.05) is 0 Å². The molecule has 0 bridgehead atoms. The van der Waals surface area contributed by atoms with E-state index in [1.54, 1.807) is 13.0 Å². The summed E-state index contributed by atoms with van der Waals surface area (Å²) in [6.07, 6.45) is 3.16. The SMILES string of the molecule is COC(=O)C1(N)CCCC1CCOc1ccc(F)cc1C. The molecule has 1 aromatic carbocycles. The fourth-order valence-electron chi connectivity index (χ4n) is 3.05. The van der Waals surface area contributed by atoms with Gasteiger partial charge in [-0.25, -0.2) is 4.39 Å². The van der Waals surface area contributed by atoms with Crippen LogP contribution in [0.2, 0.25) is 0 Å². The van der Waals surface area contributed by atoms with E-state index < -0.39 is 5.54 Å². The number of ether oxygens (including phenoxy) is 2. The summed E-state index contributed by atoms with van der Waals surface area (Å²) in [5.41, 5.74) is 6.07. The fraction of sp³-hybridized carbons (Fsp3) is 0.562. The molecule has 0 spiro atoms. The minimum Gasteiger partial charge on any atom is -0.493 e. The molecule has 0 aliphatic heterocycles. The van der Waals surface area contributed by atoms with Gasteiger partial charge in [0.25, 0.3) is 0 Å². The van der Waals surface area contributed by atoms with Crippen LogP contribution in [0.1, 0.15) is 31.2 Å². The van der Waals surface area contributed by atoms with Crippen LogP contribution in [0.4, 0.5) is 4.39 Å². The zero-order valence-electron chi connectivity index (χ0n) is 12.5. The van der Waals surface area contributed by atoms with Crippen LogP contribution in [0, 0.1) is 18.7 Å². The highest BCUT2D eigenvalue weighted by molar-refractivity contribution is 5.81. The van der Waals surface area contributed by atoms with Gasteiger partial charge in [-0.1, -0.05) is 6.42 Å². The van der Waals surface area contributed by atoms with Crippen LogP contribution in [-0.4, -0.2) is 25.2 Å². The molecule has 0 aromatic heterocycles. The van der Waals surface area contributed by atoms with Crippen molar-refractivity contribution in [1.29, 1.82) is 0 Å². The van der Waals surface area contributed by atoms with Gasteiger partial charge in [-0.3, -0.25) is 4.79 Å². The quantitative estimate of drug-likeness (QED) is 0.848. The smallest absolute Gasteiger partial charge is 0.326 e. The van der Waals surface area contributed by atoms with Gasteiger partial charge >= 0.3 is 5.97 Å². The van der Waals surface area contributed by atoms with Crippen molar-refractivity contribution in [2.75, 3.05) is 13.7 Å². The van der Waals surface area contributed by atoms with Gasteiger partial charge in [0.1, 0.15) is 17.1 Å². The van der Waals surface area contributed by atoms with Crippen LogP contribution in [0.5, 0.6) is 5.75 Å². The van der Waals surface area contributed by atoms with Crippen LogP contribution >= 0.6 is 0 Å². The summed E-state index contributed by atoms with van der Waals surface area (Å²) in [6.45, 7) is 2.25. The number of aryl methyl sites for hydroxylation is 1. The lowest BCUT2D eigenvalue weighted by Gasteiger charge is -2.28. The maximum atomic E-state index is 13.0. The summed E-state index contributed by atoms with van der Waals surface area (Å²) >= 11 is 0. The number of carbonyl (C=O) groups is 1. The maximum absolute atomic E-state index is 13.0. The molecule has 21 heavy (non-hydrogen) atoms. The average Bonchev–Trinajstić information content (AvgIpc) is 2.83. The van der Waals surface area contributed by atoms with Crippen LogP contribution in [0.3, 0.4) is 0 Å². The standard InChI is InChI=1S/C16H22FNO3/c1-11-10-13(17)5-6-14(11)21-9-7-12-4-3-8-16(12,18)15(19)20-2/h5-6,10,12H,3-4,7-9,18H2,1-2H3. The second-order valence-corrected chi connectivity index (χ2v) is 5.67. The third-order valence-corrected chi connectivity index (χ3v) is 4.30. The summed E-state index contributed by atoms with van der Waals surface area (Å²) in [5, 5.41) is 0. The molecular formula is C16H22FNO3. The zero-order valence-corrected chi connectivity index (χ0v) is 12.5. The Morgan fingerprint density at radius 2 is 2.29 bits per heavy atom. The predicted octanol–water partition coefficient (Wildman–Crippen LogP) is 2.57. The Morgan fingerprint density at radius 3 is 2.95 bits per heavy atom. The maximum Gasteiger partial charge on any atom is 0.326 e. The van der Waals surface area contributed by atoms with E-state index in [0.717, 1.165) is 18.4 Å². The van der Waals surface area contributed by atoms with Crippen molar-refractivity contribution in [2.24, 2.45) is 11.7 Å². The molecule has 116 valence electrons. The van der Waals surface area contributed by atoms with E-state index in [1.165, 1.54) is 19.2 Å². The highest BCUT2D eigenvalue weighted by Crippen LogP contribution is 2.37. The Morgan fingerprint density at radius 1 is 1.52 bits per heavy atom. The summed E-state index contributed by atoms with van der Waals surface area (Å²) in [5.74, 6) is 0.103. The topological polar surface area (TPSA) is 61.5 Å². The van der Waals surface area contributed by atoms with Crippen molar-refractivity contribution in [2.45, 2.75) is 38.1 Å². The molecule has 0 saturated heterocycles. The highest BCUT2D eigenvalue weighted by Gasteiger charge is 2.46. The lowest BCUT2D eigenvalue weighted by atomic mass is 9.86. The van der Waals surface area contributed by atoms with Crippen molar-refractivity contribution in [3.05, 3.63) is 29.6 Å². The monoisotopic (exact) mass is 295 g/mol. The molecule has 0 radical (unpaired) electrons. The third kappa shape index (κ3) is 3.35. The first-order valence-corrected chi connectivity index (χ1v) is 7.23. The lowest BCUT2D eigenvalue weighted by molar-refractivity contribution is -0.148. The molecule has 2 unspecified atom stereocenters. The number of esters is 1. The molecule has 2 rings (SSSR count). The molecule has 1 aliphatic carbocycles. The van der Waals surface area contributed by atoms with Crippen LogP contribution in [0.15, 0.2) is 18.2 Å². The number of hydrogen-bond acceptors (Lipinski definition) is 4. The van der Waals surface area contributed by atoms with Gasteiger partial charge in [-0.05, 0) is 55.9 Å². The van der Waals surface area contributed by atoms with Crippen LogP contribution in [-0.2, 0) is 9.53 Å². The molecule has 1 aliphatic rings. The summed E-state index contributed by atoms with van der Waals surface area (Å²) < 4.78 is 23.5. The largest absolute Gasteiger partial charge is 0.493 e. The first-order valence-electron chi connectivity index (χ1n) is 7.23. The fourth-order valence-corrected chi connectivity index (χ4v) is 3.05. The van der Waals surface area contributed by atoms with Gasteiger partial charge < -0.3 is 15.2 Å². The second-order valence-electron chi connectivity index (χ2n) is 5.67. The number of nitrogens with two attached hydrogens (primary N) is 1. The minimum atomic E-state index is -0.893. The molecule has 4 nitrogen and oxygen atoms in total. The van der Waals surface area contributed by atoms with Crippen molar-refractivity contribution < 1.29 is 18.7 Å². The number of methoxy groups -OCH3 is 1. The molecule has 2 atom stereocenters. The normalized spacial score (nSPS) is 24.9. The first-order chi connectivity index (χ1) is 9.97. The van der Waals surface area contributed by atoms with Gasteiger partial charge in [0.2, 0.25) is 0 Å². The Labute approximate surface area is 124 Å². The van der Waals surface area contributed by atoms with Crippen molar-refractivity contribution in [3.63, 3.8) is 0 Å². The van der Waals surface area contributed by atoms with E-state index >= 15 is 0 Å². The van der Waals surface area contributed by atoms with Crippen LogP contribution < -0.4 is 10.5 Å². The number of carbonyl (C=O) groups excluding carboxylic acids is 1. The summed E-state index contributed by atoms with van der Waals surface area (Å²) in [4.78, 5) is 11.8. The van der Waals surface area contributed by atoms with E-state index in [9.17, 15) is 9.18 Å². The highest BCUT2D eigenvalue weighted by atomic mass is 19.1. The summed E-state index contributed by atoms with van der Waals surface area (Å²) in [7, 11) is 1.37. The molecule has 0 heterocycles. The second kappa shape index (κ2) is 6.43. The molecule has 1 saturated carbocycles. The predicted molar refractivity (Wildman–Crippen MR) is 77.5 cm³/mol. The summed E-state index contributed by atoms with van der Waals surface area (Å²) in [6, 6.07) is 4.43. The Hall–Kier alpha value is -1.62. The van der Waals surface area contributed by atoms with E-state index in [-0.39, 0.29) is 17.7 Å². The number of rotatable bonds is 5. The minimum absolute atomic E-state index is 0.0608. The van der Waals surface area contributed by atoms with Gasteiger partial charge in [0.15, 0.2) is 0 Å². The van der Waals surface area contributed by atoms with E-state index in [4.69, 9.17) is 15.2 Å². The Balaban J connectivity index is 1.92. The Bertz CT molecular complexity index is 520. The van der Waals surface area contributed by atoms with Gasteiger partial charge in [-0.15, -0.1) is 0 Å². The van der Waals surface area contributed by atoms with Gasteiger partial charge in [0, 0.05) is 0 Å². The van der Waals surface area contributed by atoms with Gasteiger partial charge in [-0.2, -0.15) is 0 Å². The number of halogens is 1. The molecule has 0 amide bonds. The van der Waals surface area contributed by atoms with Crippen molar-refractivity contribution in [1.82, 2.24) is 0 Å². The molecule has 1 aromatic rings. The molecular weight excluding hydrogens is 273 g/mol. The van der Waals surface area contributed by atoms with E-state index in [2.05, 4.69) is 0 Å². The molecule has 2 N–H and O–H groups in total. The Kier molecular flexibility index (Phi) is 4.83. The third-order valence-electron chi connectivity index (χ3n) is 4.30. The van der Waals surface area contributed by atoms with E-state index in [0.29, 0.717) is 25.2 Å². The van der Waals surface area contributed by atoms with Crippen LogP contribution in [0.25, 0.3) is 0 Å². The number of hydrogen-bond donors (Lipinski definition) is 1. The number of benzene rings is 1. The average molecular weight is 295 g/mol. The van der Waals surface area contributed by atoms with Crippen molar-refractivity contribution >= 4 is 5.97 Å².